The summed E-state index contributed by atoms with van der Waals surface area (Å²) in [6, 6.07) is 15.6. The minimum Gasteiger partial charge on any atom is -0.487 e. The molecule has 1 aliphatic heterocycles. The van der Waals surface area contributed by atoms with Crippen LogP contribution >= 0.6 is 11.6 Å². The second-order valence-corrected chi connectivity index (χ2v) is 7.04. The topological polar surface area (TPSA) is 54.0 Å². The van der Waals surface area contributed by atoms with E-state index in [2.05, 4.69) is 32.2 Å². The molecule has 134 valence electrons. The zero-order valence-electron chi connectivity index (χ0n) is 14.4. The molecule has 0 unspecified atom stereocenters. The van der Waals surface area contributed by atoms with Crippen LogP contribution in [-0.4, -0.2) is 33.2 Å². The van der Waals surface area contributed by atoms with Gasteiger partial charge in [0.25, 0.3) is 0 Å². The lowest BCUT2D eigenvalue weighted by Crippen LogP contribution is -2.20. The van der Waals surface area contributed by atoms with Crippen molar-refractivity contribution in [1.29, 1.82) is 0 Å². The van der Waals surface area contributed by atoms with E-state index in [9.17, 15) is 0 Å². The number of ether oxygens (including phenoxy) is 1. The summed E-state index contributed by atoms with van der Waals surface area (Å²) < 4.78 is 5.77. The molecule has 26 heavy (non-hydrogen) atoms. The summed E-state index contributed by atoms with van der Waals surface area (Å²) in [4.78, 5) is 6.85. The average Bonchev–Trinajstić information content (AvgIpc) is 3.31. The average molecular weight is 369 g/mol. The standard InChI is InChI=1S/C20H21ClN4O/c21-16-4-6-19(7-5-16)26-14-18-11-20(24-23-18)15-8-10-25(12-15)13-17-3-1-2-9-22-17/h1-7,9,11,15H,8,10,12-14H2,(H,23,24)/t15-/m1/s1. The number of benzene rings is 1. The summed E-state index contributed by atoms with van der Waals surface area (Å²) in [7, 11) is 0. The van der Waals surface area contributed by atoms with Crippen molar-refractivity contribution in [3.8, 4) is 5.75 Å². The van der Waals surface area contributed by atoms with Gasteiger partial charge in [0, 0.05) is 30.2 Å². The predicted octanol–water partition coefficient (Wildman–Crippen LogP) is 4.03. The first kappa shape index (κ1) is 17.1. The van der Waals surface area contributed by atoms with E-state index in [4.69, 9.17) is 16.3 Å². The highest BCUT2D eigenvalue weighted by atomic mass is 35.5. The third kappa shape index (κ3) is 4.23. The van der Waals surface area contributed by atoms with Crippen LogP contribution in [0.4, 0.5) is 0 Å². The molecule has 1 aliphatic rings. The fourth-order valence-electron chi connectivity index (χ4n) is 3.29. The van der Waals surface area contributed by atoms with Crippen molar-refractivity contribution in [2.75, 3.05) is 13.1 Å². The maximum Gasteiger partial charge on any atom is 0.130 e. The maximum absolute atomic E-state index is 5.89. The Hall–Kier alpha value is -2.37. The van der Waals surface area contributed by atoms with Crippen LogP contribution in [0.2, 0.25) is 5.02 Å². The normalized spacial score (nSPS) is 17.5. The third-order valence-corrected chi connectivity index (χ3v) is 4.91. The number of nitrogens with zero attached hydrogens (tertiary/aromatic N) is 3. The van der Waals surface area contributed by atoms with E-state index < -0.39 is 0 Å². The van der Waals surface area contributed by atoms with Crippen LogP contribution in [-0.2, 0) is 13.2 Å². The van der Waals surface area contributed by atoms with Crippen LogP contribution < -0.4 is 4.74 Å². The Bertz CT molecular complexity index is 835. The third-order valence-electron chi connectivity index (χ3n) is 4.66. The fraction of sp³-hybridized carbons (Fsp3) is 0.300. The highest BCUT2D eigenvalue weighted by Crippen LogP contribution is 2.27. The number of aromatic amines is 1. The van der Waals surface area contributed by atoms with Gasteiger partial charge in [-0.2, -0.15) is 5.10 Å². The second kappa shape index (κ2) is 7.89. The van der Waals surface area contributed by atoms with E-state index in [-0.39, 0.29) is 0 Å². The van der Waals surface area contributed by atoms with Crippen LogP contribution in [0.15, 0.2) is 54.7 Å². The number of H-pyrrole nitrogens is 1. The van der Waals surface area contributed by atoms with Crippen LogP contribution in [0.1, 0.15) is 29.4 Å². The lowest BCUT2D eigenvalue weighted by atomic mass is 10.1. The van der Waals surface area contributed by atoms with E-state index in [1.165, 1.54) is 0 Å². The molecule has 0 bridgehead atoms. The van der Waals surface area contributed by atoms with Gasteiger partial charge in [0.2, 0.25) is 0 Å². The minimum atomic E-state index is 0.458. The van der Waals surface area contributed by atoms with Crippen LogP contribution in [0.25, 0.3) is 0 Å². The van der Waals surface area contributed by atoms with Gasteiger partial charge in [0.15, 0.2) is 0 Å². The zero-order chi connectivity index (χ0) is 17.8. The highest BCUT2D eigenvalue weighted by molar-refractivity contribution is 6.30. The molecule has 0 amide bonds. The fourth-order valence-corrected chi connectivity index (χ4v) is 3.42. The molecule has 0 radical (unpaired) electrons. The van der Waals surface area contributed by atoms with Crippen molar-refractivity contribution in [1.82, 2.24) is 20.1 Å². The van der Waals surface area contributed by atoms with E-state index >= 15 is 0 Å². The molecule has 0 spiro atoms. The molecule has 0 aliphatic carbocycles. The van der Waals surface area contributed by atoms with Gasteiger partial charge >= 0.3 is 0 Å². The van der Waals surface area contributed by atoms with Crippen LogP contribution in [0.3, 0.4) is 0 Å². The van der Waals surface area contributed by atoms with Gasteiger partial charge in [-0.1, -0.05) is 17.7 Å². The first-order valence-electron chi connectivity index (χ1n) is 8.81. The quantitative estimate of drug-likeness (QED) is 0.713. The Morgan fingerprint density at radius 1 is 1.19 bits per heavy atom. The first-order chi connectivity index (χ1) is 12.8. The van der Waals surface area contributed by atoms with Gasteiger partial charge in [-0.3, -0.25) is 15.0 Å². The summed E-state index contributed by atoms with van der Waals surface area (Å²) in [5, 5.41) is 8.30. The minimum absolute atomic E-state index is 0.458. The first-order valence-corrected chi connectivity index (χ1v) is 9.19. The molecule has 4 rings (SSSR count). The van der Waals surface area contributed by atoms with Crippen molar-refractivity contribution in [2.45, 2.75) is 25.5 Å². The number of rotatable bonds is 6. The molecule has 1 saturated heterocycles. The molecule has 2 aromatic heterocycles. The number of aromatic nitrogens is 3. The van der Waals surface area contributed by atoms with Gasteiger partial charge in [-0.25, -0.2) is 0 Å². The number of hydrogen-bond acceptors (Lipinski definition) is 4. The highest BCUT2D eigenvalue weighted by Gasteiger charge is 2.26. The number of halogens is 1. The lowest BCUT2D eigenvalue weighted by molar-refractivity contribution is 0.301. The molecule has 1 fully saturated rings. The summed E-state index contributed by atoms with van der Waals surface area (Å²) in [5.41, 5.74) is 3.22. The summed E-state index contributed by atoms with van der Waals surface area (Å²) >= 11 is 5.89. The number of hydrogen-bond donors (Lipinski definition) is 1. The largest absolute Gasteiger partial charge is 0.487 e. The smallest absolute Gasteiger partial charge is 0.130 e. The molecular weight excluding hydrogens is 348 g/mol. The molecule has 5 nitrogen and oxygen atoms in total. The Kier molecular flexibility index (Phi) is 5.18. The Morgan fingerprint density at radius 3 is 2.88 bits per heavy atom. The number of nitrogens with one attached hydrogen (secondary N) is 1. The van der Waals surface area contributed by atoms with Gasteiger partial charge < -0.3 is 4.74 Å². The molecule has 1 N–H and O–H groups in total. The number of likely N-dealkylation sites (tertiary alicyclic amines) is 1. The SMILES string of the molecule is Clc1ccc(OCc2cc([C@@H]3CCN(Cc4ccccn4)C3)n[nH]2)cc1. The molecular formula is C20H21ClN4O. The Morgan fingerprint density at radius 2 is 2.08 bits per heavy atom. The lowest BCUT2D eigenvalue weighted by Gasteiger charge is -2.14. The van der Waals surface area contributed by atoms with Gasteiger partial charge in [0.05, 0.1) is 17.1 Å². The van der Waals surface area contributed by atoms with Crippen molar-refractivity contribution in [3.05, 3.63) is 76.8 Å². The van der Waals surface area contributed by atoms with Crippen LogP contribution in [0.5, 0.6) is 5.75 Å². The van der Waals surface area contributed by atoms with E-state index in [1.807, 2.05) is 42.6 Å². The van der Waals surface area contributed by atoms with E-state index in [0.29, 0.717) is 17.5 Å². The van der Waals surface area contributed by atoms with Crippen molar-refractivity contribution < 1.29 is 4.74 Å². The molecule has 6 heteroatoms. The predicted molar refractivity (Wildman–Crippen MR) is 101 cm³/mol. The molecule has 1 atom stereocenters. The van der Waals surface area contributed by atoms with Crippen LogP contribution in [0, 0.1) is 0 Å². The second-order valence-electron chi connectivity index (χ2n) is 6.60. The van der Waals surface area contributed by atoms with E-state index in [1.54, 1.807) is 0 Å². The van der Waals surface area contributed by atoms with Gasteiger partial charge in [-0.05, 0) is 55.4 Å². The summed E-state index contributed by atoms with van der Waals surface area (Å²) in [6.07, 6.45) is 2.97. The van der Waals surface area contributed by atoms with Gasteiger partial charge in [0.1, 0.15) is 12.4 Å². The number of pyridine rings is 1. The molecule has 1 aromatic carbocycles. The monoisotopic (exact) mass is 368 g/mol. The van der Waals surface area contributed by atoms with E-state index in [0.717, 1.165) is 48.9 Å². The molecule has 3 heterocycles. The Labute approximate surface area is 158 Å². The van der Waals surface area contributed by atoms with Gasteiger partial charge in [-0.15, -0.1) is 0 Å². The maximum atomic E-state index is 5.89. The van der Waals surface area contributed by atoms with Crippen molar-refractivity contribution in [2.24, 2.45) is 0 Å². The Balaban J connectivity index is 1.31. The summed E-state index contributed by atoms with van der Waals surface area (Å²) in [5.74, 6) is 1.26. The van der Waals surface area contributed by atoms with Crippen molar-refractivity contribution >= 4 is 11.6 Å². The van der Waals surface area contributed by atoms with Crippen molar-refractivity contribution in [3.63, 3.8) is 0 Å². The summed E-state index contributed by atoms with van der Waals surface area (Å²) in [6.45, 7) is 3.46. The molecule has 0 saturated carbocycles. The zero-order valence-corrected chi connectivity index (χ0v) is 15.2. The molecule has 3 aromatic rings.